The molecule has 0 aliphatic carbocycles. The summed E-state index contributed by atoms with van der Waals surface area (Å²) < 4.78 is 0. The van der Waals surface area contributed by atoms with Crippen LogP contribution in [0.5, 0.6) is 0 Å². The first-order chi connectivity index (χ1) is 12.1. The van der Waals surface area contributed by atoms with Crippen LogP contribution in [0.15, 0.2) is 36.5 Å². The van der Waals surface area contributed by atoms with Gasteiger partial charge in [-0.15, -0.1) is 0 Å². The maximum absolute atomic E-state index is 12.4. The SMILES string of the molecule is CC1CCCN(c2nccc(C(=O)NCCc3cccc(Cl)c3)n2)C1. The van der Waals surface area contributed by atoms with Crippen LogP contribution in [-0.4, -0.2) is 35.5 Å². The number of rotatable bonds is 5. The zero-order chi connectivity index (χ0) is 17.6. The molecule has 1 N–H and O–H groups in total. The number of benzene rings is 1. The van der Waals surface area contributed by atoms with E-state index in [0.29, 0.717) is 29.1 Å². The number of carbonyl (C=O) groups is 1. The summed E-state index contributed by atoms with van der Waals surface area (Å²) in [6, 6.07) is 9.32. The smallest absolute Gasteiger partial charge is 0.270 e. The molecule has 1 atom stereocenters. The van der Waals surface area contributed by atoms with Crippen LogP contribution in [-0.2, 0) is 6.42 Å². The molecule has 1 fully saturated rings. The van der Waals surface area contributed by atoms with Gasteiger partial charge in [-0.1, -0.05) is 30.7 Å². The Bertz CT molecular complexity index is 737. The van der Waals surface area contributed by atoms with Gasteiger partial charge in [-0.3, -0.25) is 4.79 Å². The normalized spacial score (nSPS) is 17.4. The van der Waals surface area contributed by atoms with Crippen LogP contribution < -0.4 is 10.2 Å². The van der Waals surface area contributed by atoms with Crippen molar-refractivity contribution in [2.45, 2.75) is 26.2 Å². The molecule has 6 heteroatoms. The first-order valence-corrected chi connectivity index (χ1v) is 9.10. The largest absolute Gasteiger partial charge is 0.350 e. The van der Waals surface area contributed by atoms with Gasteiger partial charge in [-0.25, -0.2) is 9.97 Å². The summed E-state index contributed by atoms with van der Waals surface area (Å²) in [6.07, 6.45) is 4.77. The second-order valence-corrected chi connectivity index (χ2v) is 7.01. The molecular formula is C19H23ClN4O. The van der Waals surface area contributed by atoms with Gasteiger partial charge in [-0.05, 0) is 48.9 Å². The number of nitrogens with zero attached hydrogens (tertiary/aromatic N) is 3. The number of anilines is 1. The van der Waals surface area contributed by atoms with Crippen molar-refractivity contribution in [3.63, 3.8) is 0 Å². The number of hydrogen-bond donors (Lipinski definition) is 1. The Morgan fingerprint density at radius 2 is 2.28 bits per heavy atom. The summed E-state index contributed by atoms with van der Waals surface area (Å²) in [5.74, 6) is 1.11. The van der Waals surface area contributed by atoms with Crippen molar-refractivity contribution in [1.29, 1.82) is 0 Å². The summed E-state index contributed by atoms with van der Waals surface area (Å²) in [4.78, 5) is 23.3. The Labute approximate surface area is 153 Å². The molecule has 0 bridgehead atoms. The van der Waals surface area contributed by atoms with E-state index in [1.165, 1.54) is 6.42 Å². The fraction of sp³-hybridized carbons (Fsp3) is 0.421. The van der Waals surface area contributed by atoms with Crippen LogP contribution >= 0.6 is 11.6 Å². The molecule has 3 rings (SSSR count). The van der Waals surface area contributed by atoms with Crippen molar-refractivity contribution in [1.82, 2.24) is 15.3 Å². The van der Waals surface area contributed by atoms with Gasteiger partial charge in [0.2, 0.25) is 5.95 Å². The molecule has 1 aliphatic rings. The minimum Gasteiger partial charge on any atom is -0.350 e. The predicted octanol–water partition coefficient (Wildman–Crippen LogP) is 3.34. The zero-order valence-corrected chi connectivity index (χ0v) is 15.2. The van der Waals surface area contributed by atoms with E-state index < -0.39 is 0 Å². The number of nitrogens with one attached hydrogen (secondary N) is 1. The highest BCUT2D eigenvalue weighted by Gasteiger charge is 2.19. The van der Waals surface area contributed by atoms with Gasteiger partial charge in [0.25, 0.3) is 5.91 Å². The van der Waals surface area contributed by atoms with Gasteiger partial charge >= 0.3 is 0 Å². The molecule has 1 saturated heterocycles. The Kier molecular flexibility index (Phi) is 5.87. The summed E-state index contributed by atoms with van der Waals surface area (Å²) in [5, 5.41) is 3.62. The average Bonchev–Trinajstić information content (AvgIpc) is 2.62. The molecule has 1 unspecified atom stereocenters. The zero-order valence-electron chi connectivity index (χ0n) is 14.4. The van der Waals surface area contributed by atoms with E-state index in [-0.39, 0.29) is 5.91 Å². The standard InChI is InChI=1S/C19H23ClN4O/c1-14-4-3-11-24(13-14)19-22-10-8-17(23-19)18(25)21-9-7-15-5-2-6-16(20)12-15/h2,5-6,8,10,12,14H,3-4,7,9,11,13H2,1H3,(H,21,25). The number of hydrogen-bond acceptors (Lipinski definition) is 4. The average molecular weight is 359 g/mol. The van der Waals surface area contributed by atoms with Gasteiger partial charge < -0.3 is 10.2 Å². The molecule has 2 heterocycles. The van der Waals surface area contributed by atoms with Gasteiger partial charge in [0.1, 0.15) is 5.69 Å². The number of aromatic nitrogens is 2. The quantitative estimate of drug-likeness (QED) is 0.890. The summed E-state index contributed by atoms with van der Waals surface area (Å²) in [7, 11) is 0. The van der Waals surface area contributed by atoms with Crippen molar-refractivity contribution in [3.8, 4) is 0 Å². The van der Waals surface area contributed by atoms with Crippen molar-refractivity contribution in [3.05, 3.63) is 52.8 Å². The van der Waals surface area contributed by atoms with Gasteiger partial charge in [0.15, 0.2) is 0 Å². The Hall–Kier alpha value is -2.14. The maximum Gasteiger partial charge on any atom is 0.270 e. The van der Waals surface area contributed by atoms with Crippen molar-refractivity contribution in [2.24, 2.45) is 5.92 Å². The van der Waals surface area contributed by atoms with Crippen LogP contribution in [0, 0.1) is 5.92 Å². The van der Waals surface area contributed by atoms with E-state index in [9.17, 15) is 4.79 Å². The van der Waals surface area contributed by atoms with Gasteiger partial charge in [0, 0.05) is 30.9 Å². The Balaban J connectivity index is 1.57. The van der Waals surface area contributed by atoms with E-state index in [0.717, 1.165) is 31.5 Å². The third-order valence-electron chi connectivity index (χ3n) is 4.40. The molecule has 5 nitrogen and oxygen atoms in total. The van der Waals surface area contributed by atoms with Crippen LogP contribution in [0.2, 0.25) is 5.02 Å². The van der Waals surface area contributed by atoms with E-state index in [2.05, 4.69) is 27.1 Å². The highest BCUT2D eigenvalue weighted by atomic mass is 35.5. The molecule has 2 aromatic rings. The highest BCUT2D eigenvalue weighted by Crippen LogP contribution is 2.19. The van der Waals surface area contributed by atoms with Crippen molar-refractivity contribution in [2.75, 3.05) is 24.5 Å². The maximum atomic E-state index is 12.4. The second kappa shape index (κ2) is 8.30. The number of halogens is 1. The highest BCUT2D eigenvalue weighted by molar-refractivity contribution is 6.30. The second-order valence-electron chi connectivity index (χ2n) is 6.57. The van der Waals surface area contributed by atoms with Gasteiger partial charge in [0.05, 0.1) is 0 Å². The monoisotopic (exact) mass is 358 g/mol. The minimum absolute atomic E-state index is 0.171. The van der Waals surface area contributed by atoms with E-state index in [4.69, 9.17) is 11.6 Å². The van der Waals surface area contributed by atoms with Gasteiger partial charge in [-0.2, -0.15) is 0 Å². The van der Waals surface area contributed by atoms with Crippen molar-refractivity contribution < 1.29 is 4.79 Å². The van der Waals surface area contributed by atoms with Crippen LogP contribution in [0.25, 0.3) is 0 Å². The third-order valence-corrected chi connectivity index (χ3v) is 4.64. The number of amides is 1. The van der Waals surface area contributed by atoms with Crippen molar-refractivity contribution >= 4 is 23.5 Å². The molecule has 0 radical (unpaired) electrons. The predicted molar refractivity (Wildman–Crippen MR) is 100 cm³/mol. The molecule has 0 spiro atoms. The lowest BCUT2D eigenvalue weighted by Crippen LogP contribution is -2.36. The first-order valence-electron chi connectivity index (χ1n) is 8.72. The van der Waals surface area contributed by atoms with E-state index in [1.54, 1.807) is 12.3 Å². The fourth-order valence-corrected chi connectivity index (χ4v) is 3.31. The van der Waals surface area contributed by atoms with Crippen LogP contribution in [0.4, 0.5) is 5.95 Å². The summed E-state index contributed by atoms with van der Waals surface area (Å²) >= 11 is 5.97. The summed E-state index contributed by atoms with van der Waals surface area (Å²) in [6.45, 7) is 4.67. The molecule has 0 saturated carbocycles. The van der Waals surface area contributed by atoms with E-state index in [1.807, 2.05) is 24.3 Å². The Morgan fingerprint density at radius 1 is 1.40 bits per heavy atom. The first kappa shape index (κ1) is 17.7. The van der Waals surface area contributed by atoms with Crippen LogP contribution in [0.3, 0.4) is 0 Å². The van der Waals surface area contributed by atoms with E-state index >= 15 is 0 Å². The number of piperidine rings is 1. The lowest BCUT2D eigenvalue weighted by molar-refractivity contribution is 0.0949. The lowest BCUT2D eigenvalue weighted by atomic mass is 10.0. The molecule has 1 aliphatic heterocycles. The third kappa shape index (κ3) is 4.92. The number of carbonyl (C=O) groups excluding carboxylic acids is 1. The molecule has 1 aromatic heterocycles. The molecule has 25 heavy (non-hydrogen) atoms. The molecule has 1 amide bonds. The molecule has 1 aromatic carbocycles. The topological polar surface area (TPSA) is 58.1 Å². The minimum atomic E-state index is -0.171. The van der Waals surface area contributed by atoms with Crippen LogP contribution in [0.1, 0.15) is 35.8 Å². The molecular weight excluding hydrogens is 336 g/mol. The fourth-order valence-electron chi connectivity index (χ4n) is 3.10. The lowest BCUT2D eigenvalue weighted by Gasteiger charge is -2.30. The summed E-state index contributed by atoms with van der Waals surface area (Å²) in [5.41, 5.74) is 1.51. The molecule has 132 valence electrons. The Morgan fingerprint density at radius 3 is 3.08 bits per heavy atom.